The number of hydrogen-bond donors (Lipinski definition) is 1. The maximum Gasteiger partial charge on any atom is 0.343 e. The van der Waals surface area contributed by atoms with Gasteiger partial charge in [0.1, 0.15) is 16.5 Å². The predicted octanol–water partition coefficient (Wildman–Crippen LogP) is 5.65. The largest absolute Gasteiger partial charge is 0.421 e. The molecule has 4 rings (SSSR count). The number of amides is 2. The zero-order valence-electron chi connectivity index (χ0n) is 16.1. The summed E-state index contributed by atoms with van der Waals surface area (Å²) in [6, 6.07) is 19.0. The number of imide groups is 1. The van der Waals surface area contributed by atoms with Gasteiger partial charge in [0.25, 0.3) is 11.8 Å². The lowest BCUT2D eigenvalue weighted by atomic mass is 10.2. The molecule has 0 atom stereocenters. The molecule has 0 bridgehead atoms. The summed E-state index contributed by atoms with van der Waals surface area (Å²) >= 11 is 18.0. The molecule has 0 fully saturated rings. The van der Waals surface area contributed by atoms with Gasteiger partial charge in [0, 0.05) is 10.7 Å². The molecular weight excluding hydrogens is 475 g/mol. The summed E-state index contributed by atoms with van der Waals surface area (Å²) in [5, 5.41) is 3.39. The molecule has 3 aromatic rings. The van der Waals surface area contributed by atoms with Gasteiger partial charge in [-0.15, -0.1) is 0 Å². The minimum absolute atomic E-state index is 0.0713. The minimum Gasteiger partial charge on any atom is -0.421 e. The van der Waals surface area contributed by atoms with E-state index in [4.69, 9.17) is 39.5 Å². The second-order valence-corrected chi connectivity index (χ2v) is 7.86. The number of para-hydroxylation sites is 1. The lowest BCUT2D eigenvalue weighted by Crippen LogP contribution is -2.32. The third-order valence-corrected chi connectivity index (χ3v) is 5.46. The van der Waals surface area contributed by atoms with Crippen LogP contribution in [0.15, 0.2) is 83.5 Å². The summed E-state index contributed by atoms with van der Waals surface area (Å²) in [5.74, 6) is -1.61. The van der Waals surface area contributed by atoms with Crippen LogP contribution in [0.2, 0.25) is 10.0 Å². The maximum absolute atomic E-state index is 12.8. The number of carbonyl (C=O) groups excluding carboxylic acids is 3. The molecule has 0 unspecified atom stereocenters. The Hall–Kier alpha value is -3.32. The average molecular weight is 488 g/mol. The number of ether oxygens (including phenoxy) is 1. The van der Waals surface area contributed by atoms with Gasteiger partial charge in [-0.2, -0.15) is 0 Å². The molecule has 1 aliphatic heterocycles. The van der Waals surface area contributed by atoms with Crippen molar-refractivity contribution >= 4 is 64.0 Å². The second kappa shape index (κ2) is 9.04. The third kappa shape index (κ3) is 4.34. The first kappa shape index (κ1) is 21.9. The summed E-state index contributed by atoms with van der Waals surface area (Å²) in [4.78, 5) is 38.6. The Labute approximate surface area is 197 Å². The van der Waals surface area contributed by atoms with Gasteiger partial charge in [0.2, 0.25) is 0 Å². The van der Waals surface area contributed by atoms with Crippen molar-refractivity contribution in [2.75, 3.05) is 10.2 Å². The van der Waals surface area contributed by atoms with Crippen molar-refractivity contribution in [3.05, 3.63) is 99.1 Å². The molecule has 1 heterocycles. The number of rotatable bonds is 5. The van der Waals surface area contributed by atoms with E-state index >= 15 is 0 Å². The van der Waals surface area contributed by atoms with Crippen LogP contribution in [0.25, 0.3) is 0 Å². The average Bonchev–Trinajstić information content (AvgIpc) is 3.00. The van der Waals surface area contributed by atoms with E-state index in [1.54, 1.807) is 60.7 Å². The Morgan fingerprint density at radius 2 is 1.47 bits per heavy atom. The molecule has 32 heavy (non-hydrogen) atoms. The molecule has 1 N–H and O–H groups in total. The fourth-order valence-corrected chi connectivity index (χ4v) is 3.47. The van der Waals surface area contributed by atoms with Crippen molar-refractivity contribution in [1.29, 1.82) is 0 Å². The maximum atomic E-state index is 12.8. The second-order valence-electron chi connectivity index (χ2n) is 6.63. The highest BCUT2D eigenvalue weighted by molar-refractivity contribution is 6.53. The number of nitrogens with one attached hydrogen (secondary N) is 1. The lowest BCUT2D eigenvalue weighted by molar-refractivity contribution is -0.120. The predicted molar refractivity (Wildman–Crippen MR) is 123 cm³/mol. The van der Waals surface area contributed by atoms with Crippen LogP contribution in [0, 0.1) is 0 Å². The van der Waals surface area contributed by atoms with Crippen molar-refractivity contribution in [3.63, 3.8) is 0 Å². The van der Waals surface area contributed by atoms with Crippen LogP contribution in [0.3, 0.4) is 0 Å². The smallest absolute Gasteiger partial charge is 0.343 e. The molecular formula is C23H13Cl3N2O4. The highest BCUT2D eigenvalue weighted by Crippen LogP contribution is 2.31. The SMILES string of the molecule is O=C(Oc1ccccc1Cl)c1ccc(NC2=C(Cl)C(=O)N(c3ccc(Cl)cc3)C2=O)cc1. The molecule has 0 aromatic heterocycles. The number of nitrogens with zero attached hydrogens (tertiary/aromatic N) is 1. The molecule has 6 nitrogen and oxygen atoms in total. The fourth-order valence-electron chi connectivity index (χ4n) is 2.96. The molecule has 1 aliphatic rings. The van der Waals surface area contributed by atoms with Gasteiger partial charge < -0.3 is 10.1 Å². The highest BCUT2D eigenvalue weighted by atomic mass is 35.5. The van der Waals surface area contributed by atoms with Crippen LogP contribution >= 0.6 is 34.8 Å². The van der Waals surface area contributed by atoms with Crippen LogP contribution in [-0.4, -0.2) is 17.8 Å². The molecule has 3 aromatic carbocycles. The quantitative estimate of drug-likeness (QED) is 0.286. The van der Waals surface area contributed by atoms with Crippen LogP contribution < -0.4 is 15.0 Å². The molecule has 0 aliphatic carbocycles. The summed E-state index contributed by atoms with van der Waals surface area (Å²) < 4.78 is 5.29. The first-order valence-corrected chi connectivity index (χ1v) is 10.4. The van der Waals surface area contributed by atoms with Crippen molar-refractivity contribution in [2.45, 2.75) is 0 Å². The highest BCUT2D eigenvalue weighted by Gasteiger charge is 2.38. The Balaban J connectivity index is 1.49. The fraction of sp³-hybridized carbons (Fsp3) is 0. The molecule has 0 saturated heterocycles. The number of hydrogen-bond acceptors (Lipinski definition) is 5. The molecule has 0 saturated carbocycles. The summed E-state index contributed by atoms with van der Waals surface area (Å²) in [6.07, 6.45) is 0. The zero-order chi connectivity index (χ0) is 22.8. The Morgan fingerprint density at radius 3 is 2.12 bits per heavy atom. The number of halogens is 3. The Kier molecular flexibility index (Phi) is 6.19. The zero-order valence-corrected chi connectivity index (χ0v) is 18.4. The third-order valence-electron chi connectivity index (χ3n) is 4.54. The first-order valence-electron chi connectivity index (χ1n) is 9.23. The van der Waals surface area contributed by atoms with Crippen molar-refractivity contribution < 1.29 is 19.1 Å². The van der Waals surface area contributed by atoms with Gasteiger partial charge in [0.05, 0.1) is 16.3 Å². The van der Waals surface area contributed by atoms with Gasteiger partial charge in [-0.05, 0) is 60.7 Å². The molecule has 0 radical (unpaired) electrons. The first-order chi connectivity index (χ1) is 15.3. The minimum atomic E-state index is -0.651. The van der Waals surface area contributed by atoms with Crippen LogP contribution in [0.1, 0.15) is 10.4 Å². The summed E-state index contributed by atoms with van der Waals surface area (Å²) in [5.41, 5.74) is 0.994. The number of anilines is 2. The number of benzene rings is 3. The number of carbonyl (C=O) groups is 3. The summed E-state index contributed by atoms with van der Waals surface area (Å²) in [7, 11) is 0. The van der Waals surface area contributed by atoms with E-state index in [-0.39, 0.29) is 22.0 Å². The Morgan fingerprint density at radius 1 is 0.812 bits per heavy atom. The summed E-state index contributed by atoms with van der Waals surface area (Å²) in [6.45, 7) is 0. The van der Waals surface area contributed by atoms with Crippen molar-refractivity contribution in [2.24, 2.45) is 0 Å². The van der Waals surface area contributed by atoms with Crippen LogP contribution in [-0.2, 0) is 9.59 Å². The van der Waals surface area contributed by atoms with E-state index in [1.165, 1.54) is 12.1 Å². The van der Waals surface area contributed by atoms with Gasteiger partial charge >= 0.3 is 5.97 Å². The topological polar surface area (TPSA) is 75.7 Å². The van der Waals surface area contributed by atoms with Gasteiger partial charge in [-0.1, -0.05) is 46.9 Å². The van der Waals surface area contributed by atoms with Crippen molar-refractivity contribution in [3.8, 4) is 5.75 Å². The standard InChI is InChI=1S/C23H13Cl3N2O4/c24-14-7-11-16(12-8-14)28-21(29)19(26)20(22(28)30)27-15-9-5-13(6-10-15)23(31)32-18-4-2-1-3-17(18)25/h1-12,27H. The molecule has 160 valence electrons. The van der Waals surface area contributed by atoms with E-state index in [2.05, 4.69) is 5.32 Å². The van der Waals surface area contributed by atoms with Gasteiger partial charge in [-0.3, -0.25) is 9.59 Å². The van der Waals surface area contributed by atoms with Crippen LogP contribution in [0.5, 0.6) is 5.75 Å². The van der Waals surface area contributed by atoms with Gasteiger partial charge in [0.15, 0.2) is 0 Å². The number of esters is 1. The normalized spacial score (nSPS) is 13.5. The molecule has 0 spiro atoms. The van der Waals surface area contributed by atoms with E-state index in [1.807, 2.05) is 0 Å². The van der Waals surface area contributed by atoms with E-state index in [9.17, 15) is 14.4 Å². The Bertz CT molecular complexity index is 1250. The molecule has 9 heteroatoms. The van der Waals surface area contributed by atoms with E-state index in [0.717, 1.165) is 4.90 Å². The van der Waals surface area contributed by atoms with E-state index in [0.29, 0.717) is 21.4 Å². The monoisotopic (exact) mass is 486 g/mol. The van der Waals surface area contributed by atoms with Gasteiger partial charge in [-0.25, -0.2) is 9.69 Å². The van der Waals surface area contributed by atoms with Crippen LogP contribution in [0.4, 0.5) is 11.4 Å². The van der Waals surface area contributed by atoms with E-state index < -0.39 is 17.8 Å². The van der Waals surface area contributed by atoms with Crippen molar-refractivity contribution in [1.82, 2.24) is 0 Å². The lowest BCUT2D eigenvalue weighted by Gasteiger charge is -2.15. The molecule has 2 amide bonds.